The van der Waals surface area contributed by atoms with E-state index in [1.165, 1.54) is 0 Å². The average Bonchev–Trinajstić information content (AvgIpc) is 2.15. The van der Waals surface area contributed by atoms with Crippen molar-refractivity contribution in [2.75, 3.05) is 19.7 Å². The minimum Gasteiger partial charge on any atom is -0.396 e. The summed E-state index contributed by atoms with van der Waals surface area (Å²) >= 11 is 0. The molecule has 1 rings (SSSR count). The molecule has 0 spiro atoms. The van der Waals surface area contributed by atoms with E-state index in [0.717, 1.165) is 19.5 Å². The van der Waals surface area contributed by atoms with E-state index >= 15 is 0 Å². The van der Waals surface area contributed by atoms with Crippen LogP contribution >= 0.6 is 0 Å². The molecule has 0 aliphatic carbocycles. The Kier molecular flexibility index (Phi) is 4.08. The first kappa shape index (κ1) is 11.7. The maximum Gasteiger partial charge on any atom is 0.146 e. The van der Waals surface area contributed by atoms with Crippen LogP contribution in [0.5, 0.6) is 0 Å². The number of carbonyl (C=O) groups excluding carboxylic acids is 1. The molecule has 1 fully saturated rings. The number of likely N-dealkylation sites (tertiary alicyclic amines) is 1. The molecule has 0 aromatic heterocycles. The van der Waals surface area contributed by atoms with Crippen molar-refractivity contribution in [3.63, 3.8) is 0 Å². The van der Waals surface area contributed by atoms with E-state index in [1.54, 1.807) is 6.92 Å². The first-order chi connectivity index (χ1) is 6.54. The van der Waals surface area contributed by atoms with Gasteiger partial charge >= 0.3 is 0 Å². The smallest absolute Gasteiger partial charge is 0.146 e. The third-order valence-corrected chi connectivity index (χ3v) is 3.17. The van der Waals surface area contributed by atoms with Gasteiger partial charge in [0.15, 0.2) is 0 Å². The molecule has 82 valence electrons. The number of aliphatic hydroxyl groups excluding tert-OH is 1. The maximum absolute atomic E-state index is 11.2. The molecular weight excluding hydrogens is 178 g/mol. The number of hydrogen-bond acceptors (Lipinski definition) is 3. The van der Waals surface area contributed by atoms with Crippen molar-refractivity contribution in [2.24, 2.45) is 11.8 Å². The number of ketones is 1. The van der Waals surface area contributed by atoms with Crippen LogP contribution in [-0.4, -0.2) is 41.5 Å². The van der Waals surface area contributed by atoms with Crippen LogP contribution in [0.3, 0.4) is 0 Å². The van der Waals surface area contributed by atoms with Crippen molar-refractivity contribution in [3.05, 3.63) is 0 Å². The quantitative estimate of drug-likeness (QED) is 0.734. The Hall–Kier alpha value is -0.410. The summed E-state index contributed by atoms with van der Waals surface area (Å²) in [5, 5.41) is 9.14. The Labute approximate surface area is 86.1 Å². The minimum atomic E-state index is 0.00630. The molecule has 3 heteroatoms. The molecule has 0 amide bonds. The van der Waals surface area contributed by atoms with Crippen molar-refractivity contribution in [3.8, 4) is 0 Å². The minimum absolute atomic E-state index is 0.00630. The Morgan fingerprint density at radius 1 is 1.57 bits per heavy atom. The van der Waals surface area contributed by atoms with Crippen molar-refractivity contribution in [1.82, 2.24) is 4.90 Å². The molecule has 3 unspecified atom stereocenters. The number of nitrogens with zero attached hydrogens (tertiary/aromatic N) is 1. The molecule has 1 N–H and O–H groups in total. The van der Waals surface area contributed by atoms with E-state index in [0.29, 0.717) is 11.8 Å². The fourth-order valence-corrected chi connectivity index (χ4v) is 2.23. The van der Waals surface area contributed by atoms with Gasteiger partial charge < -0.3 is 5.11 Å². The van der Waals surface area contributed by atoms with Crippen LogP contribution in [0.1, 0.15) is 27.2 Å². The largest absolute Gasteiger partial charge is 0.396 e. The standard InChI is InChI=1S/C11H21NO2/c1-8-4-11(7-13)6-12(5-8)9(2)10(3)14/h8-9,11,13H,4-7H2,1-3H3. The van der Waals surface area contributed by atoms with E-state index in [-0.39, 0.29) is 18.4 Å². The van der Waals surface area contributed by atoms with Gasteiger partial charge in [-0.15, -0.1) is 0 Å². The molecule has 0 aromatic rings. The lowest BCUT2D eigenvalue weighted by molar-refractivity contribution is -0.122. The second-order valence-corrected chi connectivity index (χ2v) is 4.63. The van der Waals surface area contributed by atoms with Gasteiger partial charge in [0.25, 0.3) is 0 Å². The van der Waals surface area contributed by atoms with Gasteiger partial charge in [-0.1, -0.05) is 6.92 Å². The second kappa shape index (κ2) is 4.89. The number of carbonyl (C=O) groups is 1. The number of Topliss-reactive ketones (excluding diaryl/α,β-unsaturated/α-hetero) is 1. The number of piperidine rings is 1. The number of hydrogen-bond donors (Lipinski definition) is 1. The Bertz CT molecular complexity index is 205. The third kappa shape index (κ3) is 2.79. The Morgan fingerprint density at radius 3 is 2.71 bits per heavy atom. The van der Waals surface area contributed by atoms with Gasteiger partial charge in [-0.2, -0.15) is 0 Å². The van der Waals surface area contributed by atoms with Gasteiger partial charge in [0.1, 0.15) is 5.78 Å². The number of aliphatic hydroxyl groups is 1. The lowest BCUT2D eigenvalue weighted by atomic mass is 9.90. The van der Waals surface area contributed by atoms with Crippen LogP contribution in [0.15, 0.2) is 0 Å². The summed E-state index contributed by atoms with van der Waals surface area (Å²) in [6.45, 7) is 7.86. The summed E-state index contributed by atoms with van der Waals surface area (Å²) in [6, 6.07) is 0.00630. The van der Waals surface area contributed by atoms with E-state index in [9.17, 15) is 4.79 Å². The van der Waals surface area contributed by atoms with Crippen LogP contribution in [-0.2, 0) is 4.79 Å². The normalized spacial score (nSPS) is 31.4. The highest BCUT2D eigenvalue weighted by atomic mass is 16.3. The van der Waals surface area contributed by atoms with Crippen molar-refractivity contribution in [2.45, 2.75) is 33.2 Å². The van der Waals surface area contributed by atoms with Gasteiger partial charge in [0, 0.05) is 19.7 Å². The maximum atomic E-state index is 11.2. The van der Waals surface area contributed by atoms with Crippen molar-refractivity contribution < 1.29 is 9.90 Å². The highest BCUT2D eigenvalue weighted by Crippen LogP contribution is 2.22. The molecule has 1 aliphatic rings. The van der Waals surface area contributed by atoms with E-state index in [2.05, 4.69) is 11.8 Å². The summed E-state index contributed by atoms with van der Waals surface area (Å²) in [6.07, 6.45) is 1.08. The first-order valence-electron chi connectivity index (χ1n) is 5.40. The summed E-state index contributed by atoms with van der Waals surface area (Å²) in [5.74, 6) is 1.15. The fraction of sp³-hybridized carbons (Fsp3) is 0.909. The van der Waals surface area contributed by atoms with Gasteiger partial charge in [-0.05, 0) is 32.1 Å². The lowest BCUT2D eigenvalue weighted by Gasteiger charge is -2.38. The zero-order chi connectivity index (χ0) is 10.7. The van der Waals surface area contributed by atoms with Crippen molar-refractivity contribution >= 4 is 5.78 Å². The predicted molar refractivity (Wildman–Crippen MR) is 56.1 cm³/mol. The average molecular weight is 199 g/mol. The van der Waals surface area contributed by atoms with Gasteiger partial charge in [-0.3, -0.25) is 9.69 Å². The van der Waals surface area contributed by atoms with Crippen LogP contribution in [0.2, 0.25) is 0 Å². The molecule has 1 aliphatic heterocycles. The van der Waals surface area contributed by atoms with Gasteiger partial charge in [-0.25, -0.2) is 0 Å². The zero-order valence-electron chi connectivity index (χ0n) is 9.36. The highest BCUT2D eigenvalue weighted by Gasteiger charge is 2.28. The molecular formula is C11H21NO2. The SMILES string of the molecule is CC(=O)C(C)N1CC(C)CC(CO)C1. The number of rotatable bonds is 3. The molecule has 3 atom stereocenters. The van der Waals surface area contributed by atoms with Gasteiger partial charge in [0.2, 0.25) is 0 Å². The predicted octanol–water partition coefficient (Wildman–Crippen LogP) is 0.914. The Balaban J connectivity index is 2.56. The molecule has 3 nitrogen and oxygen atoms in total. The summed E-state index contributed by atoms with van der Waals surface area (Å²) in [5.41, 5.74) is 0. The van der Waals surface area contributed by atoms with Gasteiger partial charge in [0.05, 0.1) is 6.04 Å². The van der Waals surface area contributed by atoms with Crippen molar-refractivity contribution in [1.29, 1.82) is 0 Å². The van der Waals surface area contributed by atoms with Crippen LogP contribution in [0, 0.1) is 11.8 Å². The summed E-state index contributed by atoms with van der Waals surface area (Å²) in [7, 11) is 0. The summed E-state index contributed by atoms with van der Waals surface area (Å²) in [4.78, 5) is 13.4. The van der Waals surface area contributed by atoms with E-state index in [1.807, 2.05) is 6.92 Å². The highest BCUT2D eigenvalue weighted by molar-refractivity contribution is 5.80. The van der Waals surface area contributed by atoms with Crippen LogP contribution in [0.25, 0.3) is 0 Å². The molecule has 0 aromatic carbocycles. The second-order valence-electron chi connectivity index (χ2n) is 4.63. The van der Waals surface area contributed by atoms with Crippen LogP contribution < -0.4 is 0 Å². The first-order valence-corrected chi connectivity index (χ1v) is 5.40. The van der Waals surface area contributed by atoms with Crippen LogP contribution in [0.4, 0.5) is 0 Å². The molecule has 1 saturated heterocycles. The zero-order valence-corrected chi connectivity index (χ0v) is 9.36. The van der Waals surface area contributed by atoms with E-state index in [4.69, 9.17) is 5.11 Å². The summed E-state index contributed by atoms with van der Waals surface area (Å²) < 4.78 is 0. The molecule has 0 radical (unpaired) electrons. The Morgan fingerprint density at radius 2 is 2.21 bits per heavy atom. The fourth-order valence-electron chi connectivity index (χ4n) is 2.23. The molecule has 0 saturated carbocycles. The molecule has 1 heterocycles. The monoisotopic (exact) mass is 199 g/mol. The lowest BCUT2D eigenvalue weighted by Crippen LogP contribution is -2.47. The van der Waals surface area contributed by atoms with E-state index < -0.39 is 0 Å². The molecule has 0 bridgehead atoms. The molecule has 14 heavy (non-hydrogen) atoms. The topological polar surface area (TPSA) is 40.5 Å². The third-order valence-electron chi connectivity index (χ3n) is 3.17.